The van der Waals surface area contributed by atoms with Crippen LogP contribution in [-0.4, -0.2) is 19.7 Å². The lowest BCUT2D eigenvalue weighted by atomic mass is 10.0. The highest BCUT2D eigenvalue weighted by molar-refractivity contribution is 6.32. The third-order valence-corrected chi connectivity index (χ3v) is 3.52. The van der Waals surface area contributed by atoms with Gasteiger partial charge in [0.2, 0.25) is 0 Å². The van der Waals surface area contributed by atoms with Crippen LogP contribution in [0.15, 0.2) is 12.1 Å². The number of hydrogen-bond donors (Lipinski definition) is 1. The molecule has 0 radical (unpaired) electrons. The number of hydrogen-bond acceptors (Lipinski definition) is 2. The van der Waals surface area contributed by atoms with Crippen molar-refractivity contribution in [3.63, 3.8) is 0 Å². The first-order valence-corrected chi connectivity index (χ1v) is 6.65. The highest BCUT2D eigenvalue weighted by Gasteiger charge is 2.15. The highest BCUT2D eigenvalue weighted by atomic mass is 35.5. The SMILES string of the molecule is Cc1cc(C)c(OCC2CCCNC2)c(Cl)c1. The molecule has 1 fully saturated rings. The first-order valence-electron chi connectivity index (χ1n) is 6.27. The molecule has 1 aliphatic heterocycles. The number of benzene rings is 1. The molecule has 1 unspecified atom stereocenters. The summed E-state index contributed by atoms with van der Waals surface area (Å²) >= 11 is 6.21. The third kappa shape index (κ3) is 3.36. The Bertz CT molecular complexity index is 363. The van der Waals surface area contributed by atoms with Gasteiger partial charge in [0.25, 0.3) is 0 Å². The van der Waals surface area contributed by atoms with E-state index in [-0.39, 0.29) is 0 Å². The molecule has 0 aromatic heterocycles. The smallest absolute Gasteiger partial charge is 0.140 e. The van der Waals surface area contributed by atoms with Crippen LogP contribution in [0.25, 0.3) is 0 Å². The zero-order chi connectivity index (χ0) is 12.3. The van der Waals surface area contributed by atoms with Crippen molar-refractivity contribution in [2.75, 3.05) is 19.7 Å². The van der Waals surface area contributed by atoms with Crippen molar-refractivity contribution in [2.24, 2.45) is 5.92 Å². The van der Waals surface area contributed by atoms with Crippen molar-refractivity contribution in [1.82, 2.24) is 5.32 Å². The van der Waals surface area contributed by atoms with Crippen molar-refractivity contribution in [3.05, 3.63) is 28.3 Å². The topological polar surface area (TPSA) is 21.3 Å². The molecule has 0 aliphatic carbocycles. The molecule has 94 valence electrons. The number of rotatable bonds is 3. The molecule has 0 spiro atoms. The lowest BCUT2D eigenvalue weighted by Gasteiger charge is -2.23. The zero-order valence-corrected chi connectivity index (χ0v) is 11.3. The Morgan fingerprint density at radius 1 is 1.41 bits per heavy atom. The van der Waals surface area contributed by atoms with E-state index in [1.165, 1.54) is 18.4 Å². The largest absolute Gasteiger partial charge is 0.491 e. The number of piperidine rings is 1. The van der Waals surface area contributed by atoms with Crippen molar-refractivity contribution < 1.29 is 4.74 Å². The Kier molecular flexibility index (Phi) is 4.30. The summed E-state index contributed by atoms with van der Waals surface area (Å²) in [4.78, 5) is 0. The van der Waals surface area contributed by atoms with Gasteiger partial charge in [-0.05, 0) is 50.4 Å². The highest BCUT2D eigenvalue weighted by Crippen LogP contribution is 2.30. The summed E-state index contributed by atoms with van der Waals surface area (Å²) in [6.07, 6.45) is 2.49. The van der Waals surface area contributed by atoms with Gasteiger partial charge in [-0.3, -0.25) is 0 Å². The quantitative estimate of drug-likeness (QED) is 0.892. The molecule has 1 saturated heterocycles. The van der Waals surface area contributed by atoms with Gasteiger partial charge >= 0.3 is 0 Å². The van der Waals surface area contributed by atoms with E-state index in [2.05, 4.69) is 11.4 Å². The standard InChI is InChI=1S/C14H20ClNO/c1-10-6-11(2)14(13(15)7-10)17-9-12-4-3-5-16-8-12/h6-7,12,16H,3-5,8-9H2,1-2H3. The fourth-order valence-corrected chi connectivity index (χ4v) is 2.73. The summed E-state index contributed by atoms with van der Waals surface area (Å²) < 4.78 is 5.89. The maximum absolute atomic E-state index is 6.21. The Morgan fingerprint density at radius 2 is 2.24 bits per heavy atom. The van der Waals surface area contributed by atoms with Crippen LogP contribution in [-0.2, 0) is 0 Å². The molecule has 0 amide bonds. The molecule has 1 N–H and O–H groups in total. The van der Waals surface area contributed by atoms with E-state index in [9.17, 15) is 0 Å². The lowest BCUT2D eigenvalue weighted by molar-refractivity contribution is 0.217. The monoisotopic (exact) mass is 253 g/mol. The summed E-state index contributed by atoms with van der Waals surface area (Å²) in [6.45, 7) is 7.06. The Morgan fingerprint density at radius 3 is 2.88 bits per heavy atom. The van der Waals surface area contributed by atoms with Gasteiger partial charge in [0.05, 0.1) is 11.6 Å². The van der Waals surface area contributed by atoms with E-state index in [1.54, 1.807) is 0 Å². The summed E-state index contributed by atoms with van der Waals surface area (Å²) in [5.74, 6) is 1.46. The van der Waals surface area contributed by atoms with E-state index in [0.717, 1.165) is 36.0 Å². The van der Waals surface area contributed by atoms with Crippen molar-refractivity contribution >= 4 is 11.6 Å². The van der Waals surface area contributed by atoms with Gasteiger partial charge in [0.1, 0.15) is 5.75 Å². The molecule has 1 atom stereocenters. The van der Waals surface area contributed by atoms with Crippen LogP contribution in [0.2, 0.25) is 5.02 Å². The molecule has 3 heteroatoms. The van der Waals surface area contributed by atoms with Crippen molar-refractivity contribution in [1.29, 1.82) is 0 Å². The number of ether oxygens (including phenoxy) is 1. The summed E-state index contributed by atoms with van der Waals surface area (Å²) in [6, 6.07) is 4.07. The second kappa shape index (κ2) is 5.74. The maximum atomic E-state index is 6.21. The van der Waals surface area contributed by atoms with Gasteiger partial charge in [0.15, 0.2) is 0 Å². The maximum Gasteiger partial charge on any atom is 0.140 e. The third-order valence-electron chi connectivity index (χ3n) is 3.24. The van der Waals surface area contributed by atoms with Crippen LogP contribution in [0.1, 0.15) is 24.0 Å². The van der Waals surface area contributed by atoms with Gasteiger partial charge in [-0.15, -0.1) is 0 Å². The molecule has 1 heterocycles. The van der Waals surface area contributed by atoms with E-state index in [1.807, 2.05) is 19.9 Å². The van der Waals surface area contributed by atoms with Crippen LogP contribution >= 0.6 is 11.6 Å². The number of aryl methyl sites for hydroxylation is 2. The van der Waals surface area contributed by atoms with Gasteiger partial charge in [-0.2, -0.15) is 0 Å². The minimum Gasteiger partial charge on any atom is -0.491 e. The van der Waals surface area contributed by atoms with E-state index >= 15 is 0 Å². The van der Waals surface area contributed by atoms with Crippen LogP contribution < -0.4 is 10.1 Å². The van der Waals surface area contributed by atoms with E-state index < -0.39 is 0 Å². The molecule has 2 rings (SSSR count). The predicted octanol–water partition coefficient (Wildman–Crippen LogP) is 3.34. The minimum absolute atomic E-state index is 0.612. The van der Waals surface area contributed by atoms with Gasteiger partial charge in [-0.1, -0.05) is 17.7 Å². The predicted molar refractivity (Wildman–Crippen MR) is 72.0 cm³/mol. The Labute approximate surface area is 108 Å². The molecule has 17 heavy (non-hydrogen) atoms. The number of halogens is 1. The molecule has 1 aromatic rings. The molecule has 2 nitrogen and oxygen atoms in total. The second-order valence-electron chi connectivity index (χ2n) is 4.92. The molecule has 1 aromatic carbocycles. The molecule has 1 aliphatic rings. The summed E-state index contributed by atoms with van der Waals surface area (Å²) in [5, 5.41) is 4.12. The van der Waals surface area contributed by atoms with Crippen molar-refractivity contribution in [2.45, 2.75) is 26.7 Å². The molecular weight excluding hydrogens is 234 g/mol. The fourth-order valence-electron chi connectivity index (χ4n) is 2.35. The summed E-state index contributed by atoms with van der Waals surface area (Å²) in [7, 11) is 0. The van der Waals surface area contributed by atoms with Crippen LogP contribution in [0.5, 0.6) is 5.75 Å². The van der Waals surface area contributed by atoms with Gasteiger partial charge < -0.3 is 10.1 Å². The average Bonchev–Trinajstić information content (AvgIpc) is 2.29. The average molecular weight is 254 g/mol. The lowest BCUT2D eigenvalue weighted by Crippen LogP contribution is -2.33. The van der Waals surface area contributed by atoms with Gasteiger partial charge in [-0.25, -0.2) is 0 Å². The zero-order valence-electron chi connectivity index (χ0n) is 10.6. The van der Waals surface area contributed by atoms with Crippen LogP contribution in [0, 0.1) is 19.8 Å². The fraction of sp³-hybridized carbons (Fsp3) is 0.571. The molecular formula is C14H20ClNO. The van der Waals surface area contributed by atoms with Crippen LogP contribution in [0.4, 0.5) is 0 Å². The molecule has 0 saturated carbocycles. The molecule has 0 bridgehead atoms. The number of nitrogens with one attached hydrogen (secondary N) is 1. The van der Waals surface area contributed by atoms with Crippen LogP contribution in [0.3, 0.4) is 0 Å². The first kappa shape index (κ1) is 12.7. The second-order valence-corrected chi connectivity index (χ2v) is 5.32. The Hall–Kier alpha value is -0.730. The van der Waals surface area contributed by atoms with E-state index in [0.29, 0.717) is 5.92 Å². The Balaban J connectivity index is 1.98. The normalized spacial score (nSPS) is 20.3. The van der Waals surface area contributed by atoms with E-state index in [4.69, 9.17) is 16.3 Å². The summed E-state index contributed by atoms with van der Waals surface area (Å²) in [5.41, 5.74) is 2.30. The first-order chi connectivity index (χ1) is 8.16. The van der Waals surface area contributed by atoms with Crippen molar-refractivity contribution in [3.8, 4) is 5.75 Å². The minimum atomic E-state index is 0.612. The van der Waals surface area contributed by atoms with Gasteiger partial charge in [0, 0.05) is 12.5 Å².